The van der Waals surface area contributed by atoms with Crippen LogP contribution in [0.2, 0.25) is 0 Å². The number of hydrogen-bond acceptors (Lipinski definition) is 3. The van der Waals surface area contributed by atoms with Gasteiger partial charge in [0.1, 0.15) is 0 Å². The zero-order chi connectivity index (χ0) is 9.47. The Bertz CT molecular complexity index is 400. The summed E-state index contributed by atoms with van der Waals surface area (Å²) < 4.78 is 37.2. The fourth-order valence-corrected chi connectivity index (χ4v) is 0.865. The average Bonchev–Trinajstić information content (AvgIpc) is 2.45. The zero-order valence-corrected chi connectivity index (χ0v) is 6.15. The second-order valence-corrected chi connectivity index (χ2v) is 2.31. The molecule has 2 heterocycles. The number of nitrogens with zero attached hydrogens (tertiary/aromatic N) is 4. The minimum atomic E-state index is -4.51. The summed E-state index contributed by atoms with van der Waals surface area (Å²) in [5.74, 6) is -1.15. The van der Waals surface area contributed by atoms with E-state index in [0.29, 0.717) is 0 Å². The van der Waals surface area contributed by atoms with E-state index in [2.05, 4.69) is 15.1 Å². The molecule has 0 aromatic carbocycles. The Morgan fingerprint density at radius 2 is 2.08 bits per heavy atom. The maximum absolute atomic E-state index is 12.1. The normalized spacial score (nSPS) is 12.2. The molecule has 0 fully saturated rings. The van der Waals surface area contributed by atoms with Gasteiger partial charge in [-0.25, -0.2) is 9.50 Å². The summed E-state index contributed by atoms with van der Waals surface area (Å²) in [4.78, 5) is 6.87. The molecule has 0 spiro atoms. The molecule has 0 bridgehead atoms. The molecule has 0 aliphatic rings. The lowest BCUT2D eigenvalue weighted by Gasteiger charge is -1.96. The second kappa shape index (κ2) is 2.41. The minimum Gasteiger partial charge on any atom is -0.259 e. The molecular weight excluding hydrogens is 185 g/mol. The molecule has 68 valence electrons. The van der Waals surface area contributed by atoms with Crippen LogP contribution >= 0.6 is 0 Å². The fourth-order valence-electron chi connectivity index (χ4n) is 0.865. The van der Waals surface area contributed by atoms with Gasteiger partial charge in [-0.05, 0) is 0 Å². The van der Waals surface area contributed by atoms with E-state index in [4.69, 9.17) is 0 Å². The van der Waals surface area contributed by atoms with Gasteiger partial charge in [0.15, 0.2) is 5.65 Å². The molecule has 4 nitrogen and oxygen atoms in total. The minimum absolute atomic E-state index is 0.0785. The number of rotatable bonds is 0. The summed E-state index contributed by atoms with van der Waals surface area (Å²) in [5, 5.41) is 3.22. The molecule has 2 aromatic heterocycles. The fraction of sp³-hybridized carbons (Fsp3) is 0.167. The molecule has 0 N–H and O–H groups in total. The summed E-state index contributed by atoms with van der Waals surface area (Å²) in [6.45, 7) is 0. The molecule has 0 atom stereocenters. The van der Waals surface area contributed by atoms with Gasteiger partial charge in [0.2, 0.25) is 0 Å². The van der Waals surface area contributed by atoms with Gasteiger partial charge >= 0.3 is 6.18 Å². The van der Waals surface area contributed by atoms with Crippen LogP contribution in [0.5, 0.6) is 0 Å². The van der Waals surface area contributed by atoms with Crippen LogP contribution in [0.3, 0.4) is 0 Å². The standard InChI is InChI=1S/C6H3F3N4/c7-6(8,9)5-11-4-3-10-1-2-13(4)12-5/h1-3H. The lowest BCUT2D eigenvalue weighted by atomic mass is 10.6. The predicted octanol–water partition coefficient (Wildman–Crippen LogP) is 1.14. The second-order valence-electron chi connectivity index (χ2n) is 2.31. The van der Waals surface area contributed by atoms with E-state index in [9.17, 15) is 13.2 Å². The Hall–Kier alpha value is -1.66. The summed E-state index contributed by atoms with van der Waals surface area (Å²) in [7, 11) is 0. The highest BCUT2D eigenvalue weighted by molar-refractivity contribution is 5.33. The molecule has 0 aliphatic carbocycles. The Kier molecular flexibility index (Phi) is 1.48. The summed E-state index contributed by atoms with van der Waals surface area (Å²) >= 11 is 0. The molecule has 0 unspecified atom stereocenters. The highest BCUT2D eigenvalue weighted by Crippen LogP contribution is 2.25. The van der Waals surface area contributed by atoms with Crippen molar-refractivity contribution in [2.24, 2.45) is 0 Å². The first kappa shape index (κ1) is 7.96. The molecule has 0 saturated carbocycles. The van der Waals surface area contributed by atoms with Crippen molar-refractivity contribution in [3.63, 3.8) is 0 Å². The Morgan fingerprint density at radius 3 is 2.69 bits per heavy atom. The maximum Gasteiger partial charge on any atom is 0.453 e. The van der Waals surface area contributed by atoms with E-state index in [1.165, 1.54) is 18.6 Å². The highest BCUT2D eigenvalue weighted by atomic mass is 19.4. The molecule has 0 amide bonds. The Morgan fingerprint density at radius 1 is 1.31 bits per heavy atom. The van der Waals surface area contributed by atoms with Crippen LogP contribution in [0.1, 0.15) is 5.82 Å². The SMILES string of the molecule is FC(F)(F)c1nc2cnccn2n1. The molecule has 2 rings (SSSR count). The number of aromatic nitrogens is 4. The number of fused-ring (bicyclic) bond motifs is 1. The molecule has 2 aromatic rings. The third-order valence-corrected chi connectivity index (χ3v) is 1.40. The van der Waals surface area contributed by atoms with Crippen LogP contribution in [-0.4, -0.2) is 19.6 Å². The first-order valence-electron chi connectivity index (χ1n) is 3.31. The molecule has 7 heteroatoms. The van der Waals surface area contributed by atoms with E-state index in [0.717, 1.165) is 4.52 Å². The Balaban J connectivity index is 2.63. The summed E-state index contributed by atoms with van der Waals surface area (Å²) in [6, 6.07) is 0. The molecule has 0 radical (unpaired) electrons. The predicted molar refractivity (Wildman–Crippen MR) is 35.8 cm³/mol. The van der Waals surface area contributed by atoms with Gasteiger partial charge < -0.3 is 0 Å². The van der Waals surface area contributed by atoms with Crippen molar-refractivity contribution >= 4 is 5.65 Å². The van der Waals surface area contributed by atoms with Gasteiger partial charge in [-0.1, -0.05) is 0 Å². The van der Waals surface area contributed by atoms with E-state index in [1.807, 2.05) is 0 Å². The molecule has 13 heavy (non-hydrogen) atoms. The lowest BCUT2D eigenvalue weighted by Crippen LogP contribution is -2.07. The number of hydrogen-bond donors (Lipinski definition) is 0. The van der Waals surface area contributed by atoms with Gasteiger partial charge in [-0.2, -0.15) is 13.2 Å². The molecule has 0 saturated heterocycles. The largest absolute Gasteiger partial charge is 0.453 e. The third kappa shape index (κ3) is 1.32. The first-order valence-corrected chi connectivity index (χ1v) is 3.31. The first-order chi connectivity index (χ1) is 6.07. The van der Waals surface area contributed by atoms with Gasteiger partial charge in [-0.15, -0.1) is 5.10 Å². The molecule has 0 aliphatic heterocycles. The smallest absolute Gasteiger partial charge is 0.259 e. The van der Waals surface area contributed by atoms with E-state index < -0.39 is 12.0 Å². The zero-order valence-electron chi connectivity index (χ0n) is 6.15. The van der Waals surface area contributed by atoms with Crippen molar-refractivity contribution < 1.29 is 13.2 Å². The van der Waals surface area contributed by atoms with Crippen LogP contribution in [-0.2, 0) is 6.18 Å². The van der Waals surface area contributed by atoms with Crippen LogP contribution in [0, 0.1) is 0 Å². The number of alkyl halides is 3. The maximum atomic E-state index is 12.1. The quantitative estimate of drug-likeness (QED) is 0.622. The van der Waals surface area contributed by atoms with Gasteiger partial charge in [0.25, 0.3) is 5.82 Å². The summed E-state index contributed by atoms with van der Waals surface area (Å²) in [6.07, 6.45) is -0.659. The van der Waals surface area contributed by atoms with E-state index in [-0.39, 0.29) is 5.65 Å². The van der Waals surface area contributed by atoms with Crippen LogP contribution in [0.15, 0.2) is 18.6 Å². The van der Waals surface area contributed by atoms with E-state index in [1.54, 1.807) is 0 Å². The average molecular weight is 188 g/mol. The monoisotopic (exact) mass is 188 g/mol. The van der Waals surface area contributed by atoms with Crippen molar-refractivity contribution in [2.75, 3.05) is 0 Å². The Labute approximate surface area is 70.0 Å². The van der Waals surface area contributed by atoms with Crippen molar-refractivity contribution in [1.29, 1.82) is 0 Å². The van der Waals surface area contributed by atoms with Crippen molar-refractivity contribution in [3.05, 3.63) is 24.4 Å². The van der Waals surface area contributed by atoms with Crippen molar-refractivity contribution in [2.45, 2.75) is 6.18 Å². The lowest BCUT2D eigenvalue weighted by molar-refractivity contribution is -0.144. The third-order valence-electron chi connectivity index (χ3n) is 1.40. The van der Waals surface area contributed by atoms with Crippen molar-refractivity contribution in [3.8, 4) is 0 Å². The van der Waals surface area contributed by atoms with Gasteiger partial charge in [0, 0.05) is 12.4 Å². The van der Waals surface area contributed by atoms with Crippen molar-refractivity contribution in [1.82, 2.24) is 19.6 Å². The van der Waals surface area contributed by atoms with Gasteiger partial charge in [0.05, 0.1) is 6.20 Å². The topological polar surface area (TPSA) is 43.1 Å². The van der Waals surface area contributed by atoms with E-state index >= 15 is 0 Å². The highest BCUT2D eigenvalue weighted by Gasteiger charge is 2.36. The van der Waals surface area contributed by atoms with Crippen LogP contribution in [0.25, 0.3) is 5.65 Å². The van der Waals surface area contributed by atoms with Crippen LogP contribution < -0.4 is 0 Å². The van der Waals surface area contributed by atoms with Crippen LogP contribution in [0.4, 0.5) is 13.2 Å². The summed E-state index contributed by atoms with van der Waals surface area (Å²) in [5.41, 5.74) is 0.0785. The number of halogens is 3. The molecular formula is C6H3F3N4. The van der Waals surface area contributed by atoms with Gasteiger partial charge in [-0.3, -0.25) is 4.98 Å².